The summed E-state index contributed by atoms with van der Waals surface area (Å²) in [6.07, 6.45) is 1.62. The van der Waals surface area contributed by atoms with Gasteiger partial charge >= 0.3 is 5.97 Å². The maximum absolute atomic E-state index is 13.1. The second-order valence-electron chi connectivity index (χ2n) is 5.13. The summed E-state index contributed by atoms with van der Waals surface area (Å²) < 4.78 is 18.1. The van der Waals surface area contributed by atoms with Crippen molar-refractivity contribution in [1.29, 1.82) is 0 Å². The number of hydrogen-bond acceptors (Lipinski definition) is 4. The highest BCUT2D eigenvalue weighted by Gasteiger charge is 2.14. The lowest BCUT2D eigenvalue weighted by molar-refractivity contribution is -0.119. The molecule has 1 aromatic heterocycles. The fourth-order valence-electron chi connectivity index (χ4n) is 2.26. The smallest absolute Gasteiger partial charge is 0.339 e. The van der Waals surface area contributed by atoms with E-state index in [1.165, 1.54) is 12.1 Å². The molecule has 0 spiro atoms. The van der Waals surface area contributed by atoms with E-state index in [1.54, 1.807) is 36.5 Å². The summed E-state index contributed by atoms with van der Waals surface area (Å²) in [7, 11) is 0. The van der Waals surface area contributed by atoms with Crippen LogP contribution in [0.15, 0.2) is 54.7 Å². The number of ether oxygens (including phenoxy) is 1. The van der Waals surface area contributed by atoms with E-state index in [1.807, 2.05) is 0 Å². The van der Waals surface area contributed by atoms with Crippen LogP contribution in [0, 0.1) is 5.82 Å². The normalized spacial score (nSPS) is 10.5. The van der Waals surface area contributed by atoms with Crippen LogP contribution < -0.4 is 5.32 Å². The molecule has 0 bridgehead atoms. The van der Waals surface area contributed by atoms with Crippen LogP contribution in [0.3, 0.4) is 0 Å². The van der Waals surface area contributed by atoms with Crippen molar-refractivity contribution in [2.75, 3.05) is 11.9 Å². The van der Waals surface area contributed by atoms with Crippen molar-refractivity contribution in [2.45, 2.75) is 0 Å². The summed E-state index contributed by atoms with van der Waals surface area (Å²) in [5.41, 5.74) is 1.28. The van der Waals surface area contributed by atoms with Crippen LogP contribution in [0.1, 0.15) is 10.4 Å². The number of nitrogens with zero attached hydrogens (tertiary/aromatic N) is 1. The number of carbonyl (C=O) groups excluding carboxylic acids is 2. The lowest BCUT2D eigenvalue weighted by Crippen LogP contribution is -2.21. The summed E-state index contributed by atoms with van der Waals surface area (Å²) >= 11 is 5.64. The molecule has 0 aliphatic rings. The van der Waals surface area contributed by atoms with E-state index in [0.717, 1.165) is 6.07 Å². The van der Waals surface area contributed by atoms with Crippen LogP contribution in [0.4, 0.5) is 10.1 Å². The Morgan fingerprint density at radius 3 is 2.80 bits per heavy atom. The van der Waals surface area contributed by atoms with Crippen molar-refractivity contribution in [2.24, 2.45) is 0 Å². The number of carbonyl (C=O) groups is 2. The zero-order valence-electron chi connectivity index (χ0n) is 12.8. The Bertz CT molecular complexity index is 957. The van der Waals surface area contributed by atoms with Gasteiger partial charge in [0.05, 0.1) is 16.1 Å². The van der Waals surface area contributed by atoms with Gasteiger partial charge in [-0.1, -0.05) is 23.7 Å². The highest BCUT2D eigenvalue weighted by atomic mass is 35.5. The van der Waals surface area contributed by atoms with Gasteiger partial charge in [0, 0.05) is 17.3 Å². The number of benzene rings is 2. The quantitative estimate of drug-likeness (QED) is 0.720. The van der Waals surface area contributed by atoms with Crippen LogP contribution in [-0.4, -0.2) is 23.5 Å². The molecule has 25 heavy (non-hydrogen) atoms. The molecule has 1 amide bonds. The van der Waals surface area contributed by atoms with Gasteiger partial charge in [0.25, 0.3) is 5.91 Å². The maximum atomic E-state index is 13.1. The fraction of sp³-hybridized carbons (Fsp3) is 0.0556. The maximum Gasteiger partial charge on any atom is 0.339 e. The number of rotatable bonds is 4. The number of amides is 1. The average molecular weight is 359 g/mol. The summed E-state index contributed by atoms with van der Waals surface area (Å²) in [6.45, 7) is -0.482. The molecular formula is C18H12ClFN2O3. The van der Waals surface area contributed by atoms with Gasteiger partial charge in [-0.3, -0.25) is 9.78 Å². The molecular weight excluding hydrogens is 347 g/mol. The van der Waals surface area contributed by atoms with Crippen molar-refractivity contribution < 1.29 is 18.7 Å². The zero-order valence-corrected chi connectivity index (χ0v) is 13.6. The van der Waals surface area contributed by atoms with Gasteiger partial charge in [0.1, 0.15) is 5.82 Å². The first-order valence-electron chi connectivity index (χ1n) is 7.30. The molecule has 1 heterocycles. The minimum absolute atomic E-state index is 0.113. The first kappa shape index (κ1) is 16.9. The number of hydrogen-bond donors (Lipinski definition) is 1. The van der Waals surface area contributed by atoms with Crippen molar-refractivity contribution in [3.8, 4) is 0 Å². The monoisotopic (exact) mass is 358 g/mol. The van der Waals surface area contributed by atoms with Gasteiger partial charge in [-0.05, 0) is 36.4 Å². The molecule has 0 atom stereocenters. The molecule has 126 valence electrons. The lowest BCUT2D eigenvalue weighted by atomic mass is 10.1. The minimum atomic E-state index is -0.633. The van der Waals surface area contributed by atoms with E-state index in [4.69, 9.17) is 16.3 Å². The number of nitrogens with one attached hydrogen (secondary N) is 1. The van der Waals surface area contributed by atoms with E-state index in [0.29, 0.717) is 22.2 Å². The lowest BCUT2D eigenvalue weighted by Gasteiger charge is -2.08. The standard InChI is InChI=1S/C18H12ClFN2O3/c19-14-9-11(6-7-15(14)20)22-17(23)10-25-18(24)13-3-1-5-16-12(13)4-2-8-21-16/h1-9H,10H2,(H,22,23). The topological polar surface area (TPSA) is 68.3 Å². The Morgan fingerprint density at radius 2 is 2.00 bits per heavy atom. The predicted molar refractivity (Wildman–Crippen MR) is 92.1 cm³/mol. The average Bonchev–Trinajstić information content (AvgIpc) is 2.62. The van der Waals surface area contributed by atoms with Crippen molar-refractivity contribution in [3.63, 3.8) is 0 Å². The second-order valence-corrected chi connectivity index (χ2v) is 5.54. The number of esters is 1. The number of aromatic nitrogens is 1. The summed E-state index contributed by atoms with van der Waals surface area (Å²) in [4.78, 5) is 28.2. The number of halogens is 2. The zero-order chi connectivity index (χ0) is 17.8. The molecule has 7 heteroatoms. The third-order valence-corrected chi connectivity index (χ3v) is 3.69. The van der Waals surface area contributed by atoms with Crippen LogP contribution >= 0.6 is 11.6 Å². The molecule has 5 nitrogen and oxygen atoms in total. The molecule has 0 aliphatic carbocycles. The SMILES string of the molecule is O=C(COC(=O)c1cccc2ncccc12)Nc1ccc(F)c(Cl)c1. The third kappa shape index (κ3) is 3.92. The molecule has 3 rings (SSSR count). The van der Waals surface area contributed by atoms with E-state index in [-0.39, 0.29) is 5.02 Å². The van der Waals surface area contributed by atoms with Gasteiger partial charge in [-0.25, -0.2) is 9.18 Å². The molecule has 0 aliphatic heterocycles. The predicted octanol–water partition coefficient (Wildman–Crippen LogP) is 3.82. The van der Waals surface area contributed by atoms with Crippen molar-refractivity contribution in [1.82, 2.24) is 4.98 Å². The third-order valence-electron chi connectivity index (χ3n) is 3.40. The van der Waals surface area contributed by atoms with Gasteiger partial charge in [-0.15, -0.1) is 0 Å². The van der Waals surface area contributed by atoms with Crippen LogP contribution in [-0.2, 0) is 9.53 Å². The second kappa shape index (κ2) is 7.27. The summed E-state index contributed by atoms with van der Waals surface area (Å²) in [6, 6.07) is 12.3. The highest BCUT2D eigenvalue weighted by molar-refractivity contribution is 6.31. The first-order valence-corrected chi connectivity index (χ1v) is 7.68. The largest absolute Gasteiger partial charge is 0.452 e. The van der Waals surface area contributed by atoms with Gasteiger partial charge < -0.3 is 10.1 Å². The summed E-state index contributed by atoms with van der Waals surface area (Å²) in [5, 5.41) is 3.00. The molecule has 3 aromatic rings. The molecule has 0 saturated heterocycles. The Labute approximate surface area is 147 Å². The van der Waals surface area contributed by atoms with Gasteiger partial charge in [0.15, 0.2) is 6.61 Å². The van der Waals surface area contributed by atoms with E-state index in [9.17, 15) is 14.0 Å². The number of fused-ring (bicyclic) bond motifs is 1. The Kier molecular flexibility index (Phi) is 4.90. The minimum Gasteiger partial charge on any atom is -0.452 e. The molecule has 0 saturated carbocycles. The summed E-state index contributed by atoms with van der Waals surface area (Å²) in [5.74, 6) is -1.78. The number of pyridine rings is 1. The molecule has 0 unspecified atom stereocenters. The Balaban J connectivity index is 1.65. The molecule has 0 fully saturated rings. The van der Waals surface area contributed by atoms with Gasteiger partial charge in [0.2, 0.25) is 0 Å². The molecule has 2 aromatic carbocycles. The van der Waals surface area contributed by atoms with E-state index < -0.39 is 24.3 Å². The van der Waals surface area contributed by atoms with Crippen LogP contribution in [0.25, 0.3) is 10.9 Å². The highest BCUT2D eigenvalue weighted by Crippen LogP contribution is 2.20. The number of anilines is 1. The van der Waals surface area contributed by atoms with Crippen LogP contribution in [0.2, 0.25) is 5.02 Å². The fourth-order valence-corrected chi connectivity index (χ4v) is 2.44. The van der Waals surface area contributed by atoms with Crippen molar-refractivity contribution in [3.05, 3.63) is 71.1 Å². The first-order chi connectivity index (χ1) is 12.0. The van der Waals surface area contributed by atoms with Gasteiger partial charge in [-0.2, -0.15) is 0 Å². The van der Waals surface area contributed by atoms with Crippen molar-refractivity contribution >= 4 is 40.1 Å². The van der Waals surface area contributed by atoms with Crippen LogP contribution in [0.5, 0.6) is 0 Å². The Morgan fingerprint density at radius 1 is 1.16 bits per heavy atom. The Hall–Kier alpha value is -2.99. The molecule has 0 radical (unpaired) electrons. The van der Waals surface area contributed by atoms with E-state index >= 15 is 0 Å². The van der Waals surface area contributed by atoms with E-state index in [2.05, 4.69) is 10.3 Å². The molecule has 1 N–H and O–H groups in total.